The molecule has 2 fully saturated rings. The van der Waals surface area contributed by atoms with Crippen molar-refractivity contribution in [3.8, 4) is 5.75 Å². The highest BCUT2D eigenvalue weighted by Crippen LogP contribution is 2.50. The highest BCUT2D eigenvalue weighted by atomic mass is 16.5. The van der Waals surface area contributed by atoms with Gasteiger partial charge in [-0.2, -0.15) is 0 Å². The number of rotatable bonds is 6. The van der Waals surface area contributed by atoms with Gasteiger partial charge in [-0.15, -0.1) is 0 Å². The van der Waals surface area contributed by atoms with Crippen LogP contribution in [0.15, 0.2) is 29.8 Å². The topological polar surface area (TPSA) is 41.9 Å². The Kier molecular flexibility index (Phi) is 5.82. The molecule has 4 heteroatoms. The third-order valence-electron chi connectivity index (χ3n) is 5.90. The lowest BCUT2D eigenvalue weighted by molar-refractivity contribution is -0.209. The molecule has 1 spiro atoms. The standard InChI is InChI=1S/C21H31NO3/c1-4-25-20-14-19(23)21(20)9-11-22(12-10-21)15-16(2)13-17-5-7-18(24-3)8-6-17/h5-8,13,19-20,23H,4,9-12,14-15H2,1-3H3/b16-13+. The van der Waals surface area contributed by atoms with Gasteiger partial charge < -0.3 is 14.6 Å². The summed E-state index contributed by atoms with van der Waals surface area (Å²) in [6.45, 7) is 8.03. The first-order valence-corrected chi connectivity index (χ1v) is 9.40. The van der Waals surface area contributed by atoms with E-state index in [-0.39, 0.29) is 17.6 Å². The summed E-state index contributed by atoms with van der Waals surface area (Å²) in [6.07, 6.45) is 5.20. The second-order valence-corrected chi connectivity index (χ2v) is 7.47. The molecule has 1 heterocycles. The number of piperidine rings is 1. The van der Waals surface area contributed by atoms with Gasteiger partial charge in [0.1, 0.15) is 5.75 Å². The minimum Gasteiger partial charge on any atom is -0.497 e. The molecule has 0 bridgehead atoms. The fourth-order valence-electron chi connectivity index (χ4n) is 4.33. The number of methoxy groups -OCH3 is 1. The van der Waals surface area contributed by atoms with E-state index in [0.29, 0.717) is 0 Å². The molecular formula is C21H31NO3. The first-order chi connectivity index (χ1) is 12.1. The zero-order valence-corrected chi connectivity index (χ0v) is 15.7. The first kappa shape index (κ1) is 18.4. The molecule has 2 unspecified atom stereocenters. The van der Waals surface area contributed by atoms with E-state index in [2.05, 4.69) is 30.0 Å². The number of ether oxygens (including phenoxy) is 2. The number of aliphatic hydroxyl groups is 1. The van der Waals surface area contributed by atoms with Gasteiger partial charge in [0.2, 0.25) is 0 Å². The minimum atomic E-state index is -0.179. The first-order valence-electron chi connectivity index (χ1n) is 9.40. The summed E-state index contributed by atoms with van der Waals surface area (Å²) in [6, 6.07) is 8.17. The largest absolute Gasteiger partial charge is 0.497 e. The summed E-state index contributed by atoms with van der Waals surface area (Å²) in [5.74, 6) is 0.888. The predicted molar refractivity (Wildman–Crippen MR) is 101 cm³/mol. The van der Waals surface area contributed by atoms with E-state index in [9.17, 15) is 5.11 Å². The van der Waals surface area contributed by atoms with Crippen molar-refractivity contribution in [2.45, 2.75) is 45.3 Å². The SMILES string of the molecule is CCOC1CC(O)C12CCN(C/C(C)=C/c1ccc(OC)cc1)CC2. The molecule has 1 aromatic carbocycles. The van der Waals surface area contributed by atoms with Crippen LogP contribution >= 0.6 is 0 Å². The molecule has 138 valence electrons. The number of hydrogen-bond acceptors (Lipinski definition) is 4. The van der Waals surface area contributed by atoms with Crippen LogP contribution in [0.5, 0.6) is 5.75 Å². The molecular weight excluding hydrogens is 314 g/mol. The molecule has 1 saturated heterocycles. The Morgan fingerprint density at radius 1 is 1.28 bits per heavy atom. The van der Waals surface area contributed by atoms with Gasteiger partial charge in [-0.1, -0.05) is 23.8 Å². The normalized spacial score (nSPS) is 26.5. The van der Waals surface area contributed by atoms with E-state index >= 15 is 0 Å². The van der Waals surface area contributed by atoms with Crippen LogP contribution in [0.3, 0.4) is 0 Å². The van der Waals surface area contributed by atoms with Crippen molar-refractivity contribution in [3.63, 3.8) is 0 Å². The van der Waals surface area contributed by atoms with Gasteiger partial charge in [-0.3, -0.25) is 4.90 Å². The number of likely N-dealkylation sites (tertiary alicyclic amines) is 1. The molecule has 1 saturated carbocycles. The lowest BCUT2D eigenvalue weighted by Gasteiger charge is -2.56. The Morgan fingerprint density at radius 2 is 1.96 bits per heavy atom. The number of hydrogen-bond donors (Lipinski definition) is 1. The molecule has 1 N–H and O–H groups in total. The predicted octanol–water partition coefficient (Wildman–Crippen LogP) is 3.35. The molecule has 2 aliphatic rings. The van der Waals surface area contributed by atoms with Crippen LogP contribution in [0, 0.1) is 5.41 Å². The lowest BCUT2D eigenvalue weighted by atomic mass is 9.58. The average Bonchev–Trinajstić information content (AvgIpc) is 2.63. The smallest absolute Gasteiger partial charge is 0.118 e. The van der Waals surface area contributed by atoms with Gasteiger partial charge >= 0.3 is 0 Å². The lowest BCUT2D eigenvalue weighted by Crippen LogP contribution is -2.62. The fraction of sp³-hybridized carbons (Fsp3) is 0.619. The Labute approximate surface area is 151 Å². The van der Waals surface area contributed by atoms with Gasteiger partial charge in [0, 0.05) is 25.0 Å². The van der Waals surface area contributed by atoms with E-state index in [0.717, 1.165) is 51.3 Å². The number of nitrogens with zero attached hydrogens (tertiary/aromatic N) is 1. The molecule has 25 heavy (non-hydrogen) atoms. The summed E-state index contributed by atoms with van der Waals surface area (Å²) in [7, 11) is 1.69. The molecule has 1 aromatic rings. The van der Waals surface area contributed by atoms with Crippen molar-refractivity contribution in [1.82, 2.24) is 4.90 Å². The van der Waals surface area contributed by atoms with Crippen molar-refractivity contribution in [2.24, 2.45) is 5.41 Å². The number of benzene rings is 1. The van der Waals surface area contributed by atoms with Gasteiger partial charge in [0.15, 0.2) is 0 Å². The van der Waals surface area contributed by atoms with Crippen LogP contribution in [0.25, 0.3) is 6.08 Å². The van der Waals surface area contributed by atoms with Crippen LogP contribution in [0.4, 0.5) is 0 Å². The fourth-order valence-corrected chi connectivity index (χ4v) is 4.33. The van der Waals surface area contributed by atoms with E-state index in [1.807, 2.05) is 19.1 Å². The molecule has 1 aliphatic heterocycles. The second kappa shape index (κ2) is 7.90. The third kappa shape index (κ3) is 3.91. The van der Waals surface area contributed by atoms with Crippen molar-refractivity contribution in [1.29, 1.82) is 0 Å². The summed E-state index contributed by atoms with van der Waals surface area (Å²) >= 11 is 0. The minimum absolute atomic E-state index is 0.0140. The highest BCUT2D eigenvalue weighted by molar-refractivity contribution is 5.53. The van der Waals surface area contributed by atoms with Crippen molar-refractivity contribution in [3.05, 3.63) is 35.4 Å². The van der Waals surface area contributed by atoms with Crippen molar-refractivity contribution >= 4 is 6.08 Å². The molecule has 0 aromatic heterocycles. The van der Waals surface area contributed by atoms with Gasteiger partial charge in [0.25, 0.3) is 0 Å². The van der Waals surface area contributed by atoms with E-state index in [1.165, 1.54) is 11.1 Å². The van der Waals surface area contributed by atoms with E-state index in [4.69, 9.17) is 9.47 Å². The molecule has 4 nitrogen and oxygen atoms in total. The molecule has 0 radical (unpaired) electrons. The second-order valence-electron chi connectivity index (χ2n) is 7.47. The van der Waals surface area contributed by atoms with Gasteiger partial charge in [-0.25, -0.2) is 0 Å². The monoisotopic (exact) mass is 345 g/mol. The zero-order chi connectivity index (χ0) is 17.9. The van der Waals surface area contributed by atoms with Crippen LogP contribution in [0.1, 0.15) is 38.7 Å². The van der Waals surface area contributed by atoms with Crippen LogP contribution in [-0.2, 0) is 4.74 Å². The maximum absolute atomic E-state index is 10.3. The number of aliphatic hydroxyl groups excluding tert-OH is 1. The van der Waals surface area contributed by atoms with E-state index < -0.39 is 0 Å². The van der Waals surface area contributed by atoms with Gasteiger partial charge in [0.05, 0.1) is 19.3 Å². The average molecular weight is 345 g/mol. The van der Waals surface area contributed by atoms with E-state index in [1.54, 1.807) is 7.11 Å². The van der Waals surface area contributed by atoms with Crippen LogP contribution in [-0.4, -0.2) is 55.6 Å². The maximum atomic E-state index is 10.3. The molecule has 1 aliphatic carbocycles. The summed E-state index contributed by atoms with van der Waals surface area (Å²) in [5.41, 5.74) is 2.58. The summed E-state index contributed by atoms with van der Waals surface area (Å²) in [5, 5.41) is 10.3. The van der Waals surface area contributed by atoms with Gasteiger partial charge in [-0.05, 0) is 57.5 Å². The summed E-state index contributed by atoms with van der Waals surface area (Å²) < 4.78 is 11.1. The highest BCUT2D eigenvalue weighted by Gasteiger charge is 2.55. The molecule has 0 amide bonds. The Bertz CT molecular complexity index is 586. The molecule has 2 atom stereocenters. The Morgan fingerprint density at radius 3 is 2.52 bits per heavy atom. The quantitative estimate of drug-likeness (QED) is 0.858. The summed E-state index contributed by atoms with van der Waals surface area (Å²) in [4.78, 5) is 2.49. The zero-order valence-electron chi connectivity index (χ0n) is 15.7. The Balaban J connectivity index is 1.53. The van der Waals surface area contributed by atoms with Crippen molar-refractivity contribution < 1.29 is 14.6 Å². The maximum Gasteiger partial charge on any atom is 0.118 e. The van der Waals surface area contributed by atoms with Crippen molar-refractivity contribution in [2.75, 3.05) is 33.4 Å². The Hall–Kier alpha value is -1.36. The third-order valence-corrected chi connectivity index (χ3v) is 5.90. The molecule has 3 rings (SSSR count). The van der Waals surface area contributed by atoms with Crippen LogP contribution < -0.4 is 4.74 Å². The van der Waals surface area contributed by atoms with Crippen LogP contribution in [0.2, 0.25) is 0 Å².